The van der Waals surface area contributed by atoms with Crippen LogP contribution in [0.2, 0.25) is 10.0 Å². The third kappa shape index (κ3) is 3.37. The lowest BCUT2D eigenvalue weighted by atomic mass is 10.1. The van der Waals surface area contributed by atoms with Gasteiger partial charge in [0, 0.05) is 12.0 Å². The highest BCUT2D eigenvalue weighted by atomic mass is 35.5. The molecule has 0 spiro atoms. The van der Waals surface area contributed by atoms with E-state index in [4.69, 9.17) is 28.3 Å². The van der Waals surface area contributed by atoms with Crippen LogP contribution in [0.1, 0.15) is 18.4 Å². The highest BCUT2D eigenvalue weighted by Gasteiger charge is 2.41. The summed E-state index contributed by atoms with van der Waals surface area (Å²) in [6, 6.07) is 5.16. The van der Waals surface area contributed by atoms with Crippen molar-refractivity contribution in [3.8, 4) is 0 Å². The van der Waals surface area contributed by atoms with Crippen LogP contribution in [0.15, 0.2) is 18.2 Å². The van der Waals surface area contributed by atoms with Crippen LogP contribution in [-0.4, -0.2) is 24.2 Å². The minimum atomic E-state index is -0.0622. The number of hydrogen-bond donors (Lipinski definition) is 2. The first kappa shape index (κ1) is 13.7. The fourth-order valence-electron chi connectivity index (χ4n) is 1.75. The van der Waals surface area contributed by atoms with Crippen LogP contribution in [0.25, 0.3) is 0 Å². The molecule has 1 fully saturated rings. The first-order valence-corrected chi connectivity index (χ1v) is 6.62. The summed E-state index contributed by atoms with van der Waals surface area (Å²) in [6.07, 6.45) is 2.24. The van der Waals surface area contributed by atoms with Gasteiger partial charge in [-0.15, -0.1) is 0 Å². The molecule has 3 nitrogen and oxygen atoms in total. The van der Waals surface area contributed by atoms with E-state index in [2.05, 4.69) is 5.32 Å². The molecule has 0 aliphatic heterocycles. The highest BCUT2D eigenvalue weighted by Crippen LogP contribution is 2.44. The summed E-state index contributed by atoms with van der Waals surface area (Å²) in [7, 11) is 0. The molecule has 2 rings (SSSR count). The maximum atomic E-state index is 11.7. The van der Waals surface area contributed by atoms with Gasteiger partial charge < -0.3 is 10.4 Å². The molecule has 1 amide bonds. The van der Waals surface area contributed by atoms with Gasteiger partial charge in [0.15, 0.2) is 0 Å². The van der Waals surface area contributed by atoms with Gasteiger partial charge in [-0.05, 0) is 30.5 Å². The molecule has 0 atom stereocenters. The Bertz CT molecular complexity index is 458. The van der Waals surface area contributed by atoms with Gasteiger partial charge in [-0.3, -0.25) is 4.79 Å². The van der Waals surface area contributed by atoms with Gasteiger partial charge in [0.2, 0.25) is 5.91 Å². The Kier molecular flexibility index (Phi) is 4.15. The van der Waals surface area contributed by atoms with Gasteiger partial charge in [0.25, 0.3) is 0 Å². The summed E-state index contributed by atoms with van der Waals surface area (Å²) in [5.74, 6) is -0.0619. The zero-order valence-electron chi connectivity index (χ0n) is 9.88. The van der Waals surface area contributed by atoms with Crippen molar-refractivity contribution >= 4 is 29.1 Å². The van der Waals surface area contributed by atoms with Crippen LogP contribution in [0, 0.1) is 5.41 Å². The quantitative estimate of drug-likeness (QED) is 0.874. The molecule has 1 aromatic carbocycles. The van der Waals surface area contributed by atoms with Gasteiger partial charge >= 0.3 is 0 Å². The average molecular weight is 288 g/mol. The van der Waals surface area contributed by atoms with Crippen LogP contribution in [0.4, 0.5) is 0 Å². The lowest BCUT2D eigenvalue weighted by molar-refractivity contribution is -0.120. The predicted octanol–water partition coefficient (Wildman–Crippen LogP) is 2.42. The molecule has 5 heteroatoms. The molecule has 1 aromatic rings. The molecule has 1 saturated carbocycles. The molecule has 0 bridgehead atoms. The minimum absolute atomic E-state index is 0.0619. The lowest BCUT2D eigenvalue weighted by Crippen LogP contribution is -2.32. The van der Waals surface area contributed by atoms with E-state index >= 15 is 0 Å². The van der Waals surface area contributed by atoms with Gasteiger partial charge in [-0.25, -0.2) is 0 Å². The first-order chi connectivity index (χ1) is 8.54. The molecule has 0 heterocycles. The molecule has 1 aliphatic rings. The number of aliphatic hydroxyl groups is 1. The molecular weight excluding hydrogens is 273 g/mol. The highest BCUT2D eigenvalue weighted by molar-refractivity contribution is 6.42. The third-order valence-corrected chi connectivity index (χ3v) is 4.04. The normalized spacial score (nSPS) is 16.4. The third-order valence-electron chi connectivity index (χ3n) is 3.30. The number of nitrogens with one attached hydrogen (secondary N) is 1. The molecule has 0 unspecified atom stereocenters. The number of hydrogen-bond acceptors (Lipinski definition) is 2. The van der Waals surface area contributed by atoms with Gasteiger partial charge in [0.05, 0.1) is 23.1 Å². The Labute approximate surface area is 116 Å². The number of carbonyl (C=O) groups is 1. The largest absolute Gasteiger partial charge is 0.396 e. The topological polar surface area (TPSA) is 49.3 Å². The fraction of sp³-hybridized carbons (Fsp3) is 0.462. The summed E-state index contributed by atoms with van der Waals surface area (Å²) in [4.78, 5) is 11.7. The standard InChI is InChI=1S/C13H15Cl2NO2/c14-10-2-1-9(5-11(10)15)6-12(18)16-7-13(8-17)3-4-13/h1-2,5,17H,3-4,6-8H2,(H,16,18). The van der Waals surface area contributed by atoms with Crippen LogP contribution in [0.3, 0.4) is 0 Å². The van der Waals surface area contributed by atoms with Crippen LogP contribution in [-0.2, 0) is 11.2 Å². The van der Waals surface area contributed by atoms with Crippen LogP contribution in [0.5, 0.6) is 0 Å². The van der Waals surface area contributed by atoms with E-state index in [-0.39, 0.29) is 24.3 Å². The summed E-state index contributed by atoms with van der Waals surface area (Å²) < 4.78 is 0. The van der Waals surface area contributed by atoms with Crippen LogP contribution >= 0.6 is 23.2 Å². The number of halogens is 2. The second-order valence-corrected chi connectivity index (χ2v) is 5.67. The summed E-state index contributed by atoms with van der Waals surface area (Å²) in [6.45, 7) is 0.684. The molecular formula is C13H15Cl2NO2. The summed E-state index contributed by atoms with van der Waals surface area (Å²) >= 11 is 11.7. The van der Waals surface area contributed by atoms with E-state index in [1.165, 1.54) is 0 Å². The molecule has 18 heavy (non-hydrogen) atoms. The van der Waals surface area contributed by atoms with Crippen molar-refractivity contribution in [2.24, 2.45) is 5.41 Å². The number of carbonyl (C=O) groups excluding carboxylic acids is 1. The molecule has 0 radical (unpaired) electrons. The second-order valence-electron chi connectivity index (χ2n) is 4.86. The number of amides is 1. The Morgan fingerprint density at radius 2 is 2.06 bits per heavy atom. The van der Waals surface area contributed by atoms with Crippen molar-refractivity contribution < 1.29 is 9.90 Å². The molecule has 1 aliphatic carbocycles. The predicted molar refractivity (Wildman–Crippen MR) is 71.9 cm³/mol. The molecule has 98 valence electrons. The Balaban J connectivity index is 1.85. The van der Waals surface area contributed by atoms with E-state index in [0.29, 0.717) is 16.6 Å². The van der Waals surface area contributed by atoms with Crippen molar-refractivity contribution in [1.29, 1.82) is 0 Å². The van der Waals surface area contributed by atoms with E-state index in [1.807, 2.05) is 0 Å². The monoisotopic (exact) mass is 287 g/mol. The second kappa shape index (κ2) is 5.47. The van der Waals surface area contributed by atoms with Gasteiger partial charge in [-0.2, -0.15) is 0 Å². The van der Waals surface area contributed by atoms with Crippen molar-refractivity contribution in [3.63, 3.8) is 0 Å². The summed E-state index contributed by atoms with van der Waals surface area (Å²) in [5, 5.41) is 12.9. The molecule has 2 N–H and O–H groups in total. The zero-order chi connectivity index (χ0) is 13.2. The van der Waals surface area contributed by atoms with Crippen LogP contribution < -0.4 is 5.32 Å². The maximum Gasteiger partial charge on any atom is 0.224 e. The average Bonchev–Trinajstić information content (AvgIpc) is 3.12. The van der Waals surface area contributed by atoms with Crippen molar-refractivity contribution in [1.82, 2.24) is 5.32 Å². The number of aliphatic hydroxyl groups excluding tert-OH is 1. The number of rotatable bonds is 5. The first-order valence-electron chi connectivity index (χ1n) is 5.86. The van der Waals surface area contributed by atoms with Crippen molar-refractivity contribution in [2.75, 3.05) is 13.2 Å². The fourth-order valence-corrected chi connectivity index (χ4v) is 2.07. The minimum Gasteiger partial charge on any atom is -0.396 e. The van der Waals surface area contributed by atoms with E-state index in [9.17, 15) is 4.79 Å². The summed E-state index contributed by atoms with van der Waals surface area (Å²) in [5.41, 5.74) is 0.767. The Hall–Kier alpha value is -0.770. The zero-order valence-corrected chi connectivity index (χ0v) is 11.4. The van der Waals surface area contributed by atoms with E-state index in [1.54, 1.807) is 18.2 Å². The van der Waals surface area contributed by atoms with Crippen molar-refractivity contribution in [3.05, 3.63) is 33.8 Å². The van der Waals surface area contributed by atoms with Gasteiger partial charge in [0.1, 0.15) is 0 Å². The molecule has 0 saturated heterocycles. The Morgan fingerprint density at radius 3 is 2.61 bits per heavy atom. The molecule has 0 aromatic heterocycles. The van der Waals surface area contributed by atoms with E-state index < -0.39 is 0 Å². The maximum absolute atomic E-state index is 11.7. The lowest BCUT2D eigenvalue weighted by Gasteiger charge is -2.12. The van der Waals surface area contributed by atoms with Crippen molar-refractivity contribution in [2.45, 2.75) is 19.3 Å². The Morgan fingerprint density at radius 1 is 1.33 bits per heavy atom. The van der Waals surface area contributed by atoms with Gasteiger partial charge in [-0.1, -0.05) is 29.3 Å². The smallest absolute Gasteiger partial charge is 0.224 e. The number of benzene rings is 1. The SMILES string of the molecule is O=C(Cc1ccc(Cl)c(Cl)c1)NCC1(CO)CC1. The van der Waals surface area contributed by atoms with E-state index in [0.717, 1.165) is 18.4 Å².